The van der Waals surface area contributed by atoms with Crippen LogP contribution < -0.4 is 10.6 Å². The summed E-state index contributed by atoms with van der Waals surface area (Å²) < 4.78 is 19.1. The fourth-order valence-electron chi connectivity index (χ4n) is 3.60. The van der Waals surface area contributed by atoms with Gasteiger partial charge in [-0.05, 0) is 37.0 Å². The Labute approximate surface area is 147 Å². The first-order valence-electron chi connectivity index (χ1n) is 8.47. The molecule has 0 spiro atoms. The second-order valence-corrected chi connectivity index (χ2v) is 7.70. The van der Waals surface area contributed by atoms with E-state index in [1.54, 1.807) is 13.1 Å². The number of benzene rings is 1. The molecule has 2 bridgehead atoms. The van der Waals surface area contributed by atoms with Gasteiger partial charge < -0.3 is 15.4 Å². The van der Waals surface area contributed by atoms with Crippen LogP contribution in [0.15, 0.2) is 23.2 Å². The van der Waals surface area contributed by atoms with Crippen LogP contribution in [0.25, 0.3) is 0 Å². The molecule has 0 aliphatic carbocycles. The van der Waals surface area contributed by atoms with Crippen LogP contribution >= 0.6 is 11.6 Å². The molecule has 1 aromatic carbocycles. The summed E-state index contributed by atoms with van der Waals surface area (Å²) in [5, 5.41) is 7.28. The molecule has 2 N–H and O–H groups in total. The Morgan fingerprint density at radius 1 is 1.42 bits per heavy atom. The summed E-state index contributed by atoms with van der Waals surface area (Å²) in [5.74, 6) is 0.448. The molecule has 0 saturated carbocycles. The van der Waals surface area contributed by atoms with E-state index in [0.29, 0.717) is 29.8 Å². The molecule has 6 heteroatoms. The quantitative estimate of drug-likeness (QED) is 0.645. The van der Waals surface area contributed by atoms with Crippen molar-refractivity contribution < 1.29 is 9.13 Å². The zero-order valence-electron chi connectivity index (χ0n) is 14.4. The Bertz CT molecular complexity index is 635. The number of rotatable bonds is 4. The summed E-state index contributed by atoms with van der Waals surface area (Å²) in [6, 6.07) is 4.88. The summed E-state index contributed by atoms with van der Waals surface area (Å²) in [4.78, 5) is 4.31. The third kappa shape index (κ3) is 3.67. The van der Waals surface area contributed by atoms with E-state index in [9.17, 15) is 4.39 Å². The van der Waals surface area contributed by atoms with Crippen LogP contribution in [0, 0.1) is 5.82 Å². The molecule has 2 aliphatic heterocycles. The highest BCUT2D eigenvalue weighted by atomic mass is 35.5. The van der Waals surface area contributed by atoms with Crippen LogP contribution in [0.5, 0.6) is 0 Å². The molecule has 3 atom stereocenters. The van der Waals surface area contributed by atoms with E-state index < -0.39 is 0 Å². The van der Waals surface area contributed by atoms with Crippen LogP contribution in [0.1, 0.15) is 38.7 Å². The maximum Gasteiger partial charge on any atom is 0.191 e. The average molecular weight is 354 g/mol. The molecule has 0 amide bonds. The molecular formula is C18H25ClFN3O. The first-order valence-corrected chi connectivity index (χ1v) is 8.85. The molecule has 24 heavy (non-hydrogen) atoms. The standard InChI is InChI=1S/C18H25ClFN3O/c1-18(2,13-6-4-11(20)8-14(13)19)10-22-17(21-3)23-15-9-12-5-7-16(15)24-12/h4,6,8,12,15-16H,5,7,9-10H2,1-3H3,(H2,21,22,23). The molecule has 3 rings (SSSR count). The van der Waals surface area contributed by atoms with Gasteiger partial charge in [-0.25, -0.2) is 4.39 Å². The Balaban J connectivity index is 1.60. The minimum absolute atomic E-state index is 0.256. The second kappa shape index (κ2) is 6.89. The Morgan fingerprint density at radius 3 is 2.79 bits per heavy atom. The maximum atomic E-state index is 13.3. The molecule has 2 heterocycles. The summed E-state index contributed by atoms with van der Waals surface area (Å²) in [6.07, 6.45) is 4.03. The highest BCUT2D eigenvalue weighted by Gasteiger charge is 2.41. The van der Waals surface area contributed by atoms with E-state index in [0.717, 1.165) is 24.4 Å². The molecule has 0 radical (unpaired) electrons. The van der Waals surface area contributed by atoms with Crippen molar-refractivity contribution in [1.82, 2.24) is 10.6 Å². The largest absolute Gasteiger partial charge is 0.373 e. The lowest BCUT2D eigenvalue weighted by Gasteiger charge is -2.29. The van der Waals surface area contributed by atoms with Gasteiger partial charge in [0.05, 0.1) is 18.2 Å². The lowest BCUT2D eigenvalue weighted by molar-refractivity contribution is 0.0992. The molecule has 0 aromatic heterocycles. The second-order valence-electron chi connectivity index (χ2n) is 7.29. The fourth-order valence-corrected chi connectivity index (χ4v) is 4.02. The Hall–Kier alpha value is -1.33. The van der Waals surface area contributed by atoms with Gasteiger partial charge in [-0.3, -0.25) is 4.99 Å². The first-order chi connectivity index (χ1) is 11.4. The fraction of sp³-hybridized carbons (Fsp3) is 0.611. The van der Waals surface area contributed by atoms with Gasteiger partial charge in [-0.2, -0.15) is 0 Å². The van der Waals surface area contributed by atoms with Gasteiger partial charge in [0.15, 0.2) is 5.96 Å². The monoisotopic (exact) mass is 353 g/mol. The van der Waals surface area contributed by atoms with Crippen LogP contribution in [-0.2, 0) is 10.2 Å². The molecule has 3 unspecified atom stereocenters. The third-order valence-electron chi connectivity index (χ3n) is 5.01. The number of ether oxygens (including phenoxy) is 1. The van der Waals surface area contributed by atoms with E-state index in [4.69, 9.17) is 16.3 Å². The van der Waals surface area contributed by atoms with E-state index >= 15 is 0 Å². The van der Waals surface area contributed by atoms with E-state index in [1.807, 2.05) is 0 Å². The SMILES string of the molecule is CN=C(NCC(C)(C)c1ccc(F)cc1Cl)NC1CC2CCC1O2. The predicted octanol–water partition coefficient (Wildman–Crippen LogP) is 3.24. The van der Waals surface area contributed by atoms with E-state index in [-0.39, 0.29) is 11.2 Å². The van der Waals surface area contributed by atoms with Crippen LogP contribution in [0.3, 0.4) is 0 Å². The number of nitrogens with one attached hydrogen (secondary N) is 2. The summed E-state index contributed by atoms with van der Waals surface area (Å²) in [7, 11) is 1.77. The van der Waals surface area contributed by atoms with Gasteiger partial charge in [-0.15, -0.1) is 0 Å². The van der Waals surface area contributed by atoms with Crippen molar-refractivity contribution in [1.29, 1.82) is 0 Å². The number of aliphatic imine (C=N–C) groups is 1. The summed E-state index contributed by atoms with van der Waals surface area (Å²) in [5.41, 5.74) is 0.657. The first kappa shape index (κ1) is 17.5. The maximum absolute atomic E-state index is 13.3. The minimum atomic E-state index is -0.318. The van der Waals surface area contributed by atoms with Crippen molar-refractivity contribution in [3.05, 3.63) is 34.6 Å². The number of fused-ring (bicyclic) bond motifs is 2. The van der Waals surface area contributed by atoms with Gasteiger partial charge in [0.25, 0.3) is 0 Å². The van der Waals surface area contributed by atoms with Crippen LogP contribution in [-0.4, -0.2) is 37.8 Å². The lowest BCUT2D eigenvalue weighted by Crippen LogP contribution is -2.49. The molecule has 2 fully saturated rings. The van der Waals surface area contributed by atoms with Crippen molar-refractivity contribution in [3.63, 3.8) is 0 Å². The van der Waals surface area contributed by atoms with Crippen molar-refractivity contribution >= 4 is 17.6 Å². The van der Waals surface area contributed by atoms with Crippen molar-refractivity contribution in [2.75, 3.05) is 13.6 Å². The van der Waals surface area contributed by atoms with E-state index in [1.165, 1.54) is 18.6 Å². The highest BCUT2D eigenvalue weighted by molar-refractivity contribution is 6.31. The van der Waals surface area contributed by atoms with Gasteiger partial charge in [0, 0.05) is 24.0 Å². The predicted molar refractivity (Wildman–Crippen MR) is 95.2 cm³/mol. The van der Waals surface area contributed by atoms with Gasteiger partial charge in [0.2, 0.25) is 0 Å². The normalized spacial score (nSPS) is 26.7. The number of hydrogen-bond acceptors (Lipinski definition) is 2. The Morgan fingerprint density at radius 2 is 2.21 bits per heavy atom. The summed E-state index contributed by atoms with van der Waals surface area (Å²) in [6.45, 7) is 4.79. The smallest absolute Gasteiger partial charge is 0.191 e. The number of hydrogen-bond donors (Lipinski definition) is 2. The van der Waals surface area contributed by atoms with Crippen LogP contribution in [0.2, 0.25) is 5.02 Å². The number of nitrogens with zero attached hydrogens (tertiary/aromatic N) is 1. The molecule has 1 aromatic rings. The van der Waals surface area contributed by atoms with Gasteiger partial charge in [-0.1, -0.05) is 31.5 Å². The molecule has 132 valence electrons. The zero-order valence-corrected chi connectivity index (χ0v) is 15.2. The van der Waals surface area contributed by atoms with Gasteiger partial charge in [0.1, 0.15) is 5.82 Å². The molecular weight excluding hydrogens is 329 g/mol. The van der Waals surface area contributed by atoms with Crippen molar-refractivity contribution in [2.24, 2.45) is 4.99 Å². The Kier molecular flexibility index (Phi) is 5.02. The van der Waals surface area contributed by atoms with Crippen molar-refractivity contribution in [3.8, 4) is 0 Å². The molecule has 2 aliphatic rings. The number of guanidine groups is 1. The summed E-state index contributed by atoms with van der Waals surface area (Å²) >= 11 is 6.21. The van der Waals surface area contributed by atoms with E-state index in [2.05, 4.69) is 29.5 Å². The molecule has 2 saturated heterocycles. The third-order valence-corrected chi connectivity index (χ3v) is 5.32. The topological polar surface area (TPSA) is 45.7 Å². The minimum Gasteiger partial charge on any atom is -0.373 e. The molecule has 4 nitrogen and oxygen atoms in total. The van der Waals surface area contributed by atoms with Crippen molar-refractivity contribution in [2.45, 2.75) is 56.8 Å². The van der Waals surface area contributed by atoms with Crippen LogP contribution in [0.4, 0.5) is 4.39 Å². The average Bonchev–Trinajstić information content (AvgIpc) is 3.13. The highest BCUT2D eigenvalue weighted by Crippen LogP contribution is 2.34. The zero-order chi connectivity index (χ0) is 17.3. The van der Waals surface area contributed by atoms with Gasteiger partial charge >= 0.3 is 0 Å². The number of halogens is 2. The lowest BCUT2D eigenvalue weighted by atomic mass is 9.84.